The molecule has 4 heterocycles. The van der Waals surface area contributed by atoms with E-state index in [0.717, 1.165) is 63.6 Å². The van der Waals surface area contributed by atoms with Crippen molar-refractivity contribution >= 4 is 116 Å². The average molecular weight is 1770 g/mol. The molecule has 4 aliphatic heterocycles. The van der Waals surface area contributed by atoms with Crippen molar-refractivity contribution in [2.24, 2.45) is 11.8 Å². The van der Waals surface area contributed by atoms with E-state index >= 15 is 0 Å². The van der Waals surface area contributed by atoms with E-state index in [4.69, 9.17) is 28.0 Å². The van der Waals surface area contributed by atoms with Crippen LogP contribution >= 0.6 is 41.4 Å². The third kappa shape index (κ3) is 17.8. The first-order chi connectivity index (χ1) is 62.4. The standard InChI is InChI=1S/C50H36P2.C46H44O4P2.C21H29O2P/c1-5-15-37-31(11-1)21-23-35-29-51-49(43-27-25-33-13-3-7-17-39(33)47(43)45(35)37)41-19-9-10-20-42(41)50-44-28-26-34-14-4-8-18-40(34)48(44)46-36(30-52-50)24-22-32-12-2-6-16-38(32)46;1-27-13-28(2)18-35(17-27)51(36-19-29(3)14-30(4)20-36)41-11-9-39-45(49-25-47-39)43(41)44-42(12-10-40-46(44)50-26-48-40)52(37-21-31(5)15-32(6)22-37)38-23-33(7)16-34(8)24-38;1-17(2)21(18(3)4)24(22-15-19-11-7-5-8-12-19)23-16-20-13-9-6-10-14-20/h1-28,49-52H,29-30H2;9-24H,25-26H2,1-8H3;5-14,17-18,21H,15-16H2,1-4H3. The minimum Gasteiger partial charge on any atom is -0.454 e. The lowest BCUT2D eigenvalue weighted by molar-refractivity contribution is 0.173. The topological polar surface area (TPSA) is 55.4 Å². The summed E-state index contributed by atoms with van der Waals surface area (Å²) in [4.78, 5) is 0. The third-order valence-electron chi connectivity index (χ3n) is 25.3. The quantitative estimate of drug-likeness (QED) is 0.0798. The minimum absolute atomic E-state index is 0.168. The molecule has 17 aromatic rings. The van der Waals surface area contributed by atoms with Gasteiger partial charge in [0.15, 0.2) is 31.4 Å². The van der Waals surface area contributed by atoms with Crippen LogP contribution < -0.4 is 50.8 Å². The van der Waals surface area contributed by atoms with Crippen LogP contribution in [0.3, 0.4) is 0 Å². The summed E-state index contributed by atoms with van der Waals surface area (Å²) in [5.41, 5.74) is 30.1. The molecule has 0 aliphatic carbocycles. The molecular weight excluding hydrogens is 1660 g/mol. The van der Waals surface area contributed by atoms with E-state index in [9.17, 15) is 0 Å². The molecule has 6 nitrogen and oxygen atoms in total. The first-order valence-corrected chi connectivity index (χ1v) is 51.4. The monoisotopic (exact) mass is 1760 g/mol. The molecule has 0 saturated heterocycles. The number of ether oxygens (including phenoxy) is 4. The van der Waals surface area contributed by atoms with E-state index in [1.54, 1.807) is 0 Å². The lowest BCUT2D eigenvalue weighted by atomic mass is 9.83. The Morgan fingerprint density at radius 1 is 0.297 bits per heavy atom. The summed E-state index contributed by atoms with van der Waals surface area (Å²) in [6.45, 7) is 28.2. The molecule has 4 unspecified atom stereocenters. The molecule has 0 spiro atoms. The Morgan fingerprint density at radius 3 is 0.938 bits per heavy atom. The Balaban J connectivity index is 0.000000134. The summed E-state index contributed by atoms with van der Waals surface area (Å²) in [6.07, 6.45) is 2.15. The zero-order valence-electron chi connectivity index (χ0n) is 75.1. The molecule has 0 bridgehead atoms. The Kier molecular flexibility index (Phi) is 25.7. The van der Waals surface area contributed by atoms with Gasteiger partial charge in [0, 0.05) is 28.1 Å². The Hall–Kier alpha value is -11.0. The van der Waals surface area contributed by atoms with E-state index in [-0.39, 0.29) is 13.6 Å². The maximum absolute atomic E-state index is 6.52. The van der Waals surface area contributed by atoms with Crippen molar-refractivity contribution < 1.29 is 28.0 Å². The second kappa shape index (κ2) is 38.0. The van der Waals surface area contributed by atoms with Crippen LogP contribution in [0, 0.1) is 67.2 Å². The van der Waals surface area contributed by atoms with Gasteiger partial charge < -0.3 is 28.0 Å². The van der Waals surface area contributed by atoms with Crippen LogP contribution in [-0.4, -0.2) is 19.2 Å². The number of fused-ring (bicyclic) bond motifs is 16. The van der Waals surface area contributed by atoms with Crippen molar-refractivity contribution in [3.05, 3.63) is 417 Å². The van der Waals surface area contributed by atoms with Crippen LogP contribution in [0.1, 0.15) is 128 Å². The molecule has 0 saturated carbocycles. The van der Waals surface area contributed by atoms with Gasteiger partial charge in [0.05, 0.1) is 13.2 Å². The van der Waals surface area contributed by atoms with E-state index in [1.807, 2.05) is 36.4 Å². The van der Waals surface area contributed by atoms with Crippen LogP contribution in [0.4, 0.5) is 0 Å². The summed E-state index contributed by atoms with van der Waals surface area (Å²) in [6, 6.07) is 122. The van der Waals surface area contributed by atoms with E-state index in [1.165, 1.54) is 186 Å². The predicted molar refractivity (Wildman–Crippen MR) is 550 cm³/mol. The Bertz CT molecular complexity index is 6420. The van der Waals surface area contributed by atoms with Gasteiger partial charge in [-0.05, 0) is 261 Å². The summed E-state index contributed by atoms with van der Waals surface area (Å²) in [7, 11) is -1.57. The SMILES string of the molecule is CC(C)C(C(C)C)P(OCc1ccccc1)OCc1ccccc1.Cc1cc(C)cc(P(c2cc(C)cc(C)c2)c2ccc3c(c2-c2c(P(c4cc(C)cc(C)c4)c4cc(C)cc(C)c4)ccc4c2OCO4)OCO3)c1.c1ccc(C2PCc3ccc4ccccc4c3-c3c2ccc2ccccc32)c(C2PCc3ccc4ccccc4c3-c3c2ccc2ccccc32)c1. The number of aryl methyl sites for hydroxylation is 8. The molecular formula is C117H109O6P5. The fourth-order valence-electron chi connectivity index (χ4n) is 20.2. The Labute approximate surface area is 762 Å². The summed E-state index contributed by atoms with van der Waals surface area (Å²) in [5.74, 6) is 4.09. The maximum atomic E-state index is 6.52. The summed E-state index contributed by atoms with van der Waals surface area (Å²) < 4.78 is 37.9. The van der Waals surface area contributed by atoms with Crippen molar-refractivity contribution in [1.29, 1.82) is 0 Å². The Morgan fingerprint density at radius 2 is 0.602 bits per heavy atom. The highest BCUT2D eigenvalue weighted by molar-refractivity contribution is 7.81. The van der Waals surface area contributed by atoms with Crippen molar-refractivity contribution in [2.75, 3.05) is 13.6 Å². The van der Waals surface area contributed by atoms with E-state index in [0.29, 0.717) is 42.0 Å². The van der Waals surface area contributed by atoms with Crippen LogP contribution in [0.2, 0.25) is 0 Å². The first kappa shape index (κ1) is 86.4. The highest BCUT2D eigenvalue weighted by Gasteiger charge is 2.39. The molecule has 17 aromatic carbocycles. The van der Waals surface area contributed by atoms with E-state index in [2.05, 4.69) is 374 Å². The van der Waals surface area contributed by atoms with Gasteiger partial charge in [0.1, 0.15) is 0 Å². The molecule has 0 radical (unpaired) electrons. The molecule has 21 rings (SSSR count). The van der Waals surface area contributed by atoms with Crippen molar-refractivity contribution in [1.82, 2.24) is 0 Å². The molecule has 128 heavy (non-hydrogen) atoms. The van der Waals surface area contributed by atoms with Gasteiger partial charge in [-0.15, -0.1) is 17.2 Å². The molecule has 11 heteroatoms. The first-order valence-electron chi connectivity index (χ1n) is 44.9. The van der Waals surface area contributed by atoms with Gasteiger partial charge in [0.2, 0.25) is 13.6 Å². The smallest absolute Gasteiger partial charge is 0.231 e. The van der Waals surface area contributed by atoms with Crippen molar-refractivity contribution in [2.45, 2.75) is 126 Å². The van der Waals surface area contributed by atoms with Gasteiger partial charge in [-0.1, -0.05) is 376 Å². The van der Waals surface area contributed by atoms with Gasteiger partial charge >= 0.3 is 0 Å². The van der Waals surface area contributed by atoms with E-state index < -0.39 is 24.2 Å². The zero-order valence-corrected chi connectivity index (χ0v) is 79.8. The van der Waals surface area contributed by atoms with Crippen molar-refractivity contribution in [3.8, 4) is 56.4 Å². The highest BCUT2D eigenvalue weighted by Crippen LogP contribution is 2.61. The molecule has 0 aromatic heterocycles. The number of hydrogen-bond donors (Lipinski definition) is 0. The number of benzene rings is 17. The van der Waals surface area contributed by atoms with Gasteiger partial charge in [-0.25, -0.2) is 0 Å². The van der Waals surface area contributed by atoms with Crippen LogP contribution in [0.15, 0.2) is 328 Å². The molecule has 0 N–H and O–H groups in total. The lowest BCUT2D eigenvalue weighted by Gasteiger charge is -2.32. The molecule has 638 valence electrons. The molecule has 4 aliphatic rings. The lowest BCUT2D eigenvalue weighted by Crippen LogP contribution is -2.27. The zero-order chi connectivity index (χ0) is 87.8. The molecule has 4 atom stereocenters. The third-order valence-corrected chi connectivity index (χ3v) is 35.8. The maximum Gasteiger partial charge on any atom is 0.231 e. The van der Waals surface area contributed by atoms with Crippen LogP contribution in [0.5, 0.6) is 23.0 Å². The molecule has 0 amide bonds. The number of hydrogen-bond acceptors (Lipinski definition) is 6. The van der Waals surface area contributed by atoms with Gasteiger partial charge in [-0.3, -0.25) is 0 Å². The highest BCUT2D eigenvalue weighted by atomic mass is 31.2. The van der Waals surface area contributed by atoms with Crippen molar-refractivity contribution in [3.63, 3.8) is 0 Å². The van der Waals surface area contributed by atoms with Crippen LogP contribution in [0.25, 0.3) is 76.5 Å². The fourth-order valence-corrected chi connectivity index (χ4v) is 31.2. The summed E-state index contributed by atoms with van der Waals surface area (Å²) in [5, 5.41) is 18.3. The van der Waals surface area contributed by atoms with Gasteiger partial charge in [-0.2, -0.15) is 0 Å². The fraction of sp³-hybridized carbons (Fsp3) is 0.197. The molecule has 0 fully saturated rings. The summed E-state index contributed by atoms with van der Waals surface area (Å²) >= 11 is 0. The largest absolute Gasteiger partial charge is 0.454 e. The van der Waals surface area contributed by atoms with Crippen LogP contribution in [-0.2, 0) is 34.6 Å². The predicted octanol–water partition coefficient (Wildman–Crippen LogP) is 29.4. The average Bonchev–Trinajstić information content (AvgIpc) is 1.51. The normalized spacial score (nSPS) is 14.6. The second-order valence-electron chi connectivity index (χ2n) is 35.6. The van der Waals surface area contributed by atoms with Gasteiger partial charge in [0.25, 0.3) is 0 Å². The number of rotatable bonds is 18. The second-order valence-corrected chi connectivity index (χ2v) is 44.4. The minimum atomic E-state index is -1.05.